The standard InChI is InChI=1S/C30H41N5O4/c1-21(2)28-18-31-30(39-33-28)34-15-12-22(13-16-34)20-38-27-10-8-24(9-11-27)23-4-6-25(7-5-23)29(36)35-17-14-26(19-35)32-37-3/h4,8-11,21-22,25H,5-7,12-20H2,1-3H3/b32-26+. The predicted molar refractivity (Wildman–Crippen MR) is 153 cm³/mol. The average Bonchev–Trinajstić information content (AvgIpc) is 3.45. The molecule has 1 aromatic rings. The van der Waals surface area contributed by atoms with Crippen molar-refractivity contribution >= 4 is 28.9 Å². The molecule has 2 saturated heterocycles. The molecule has 0 N–H and O–H groups in total. The second kappa shape index (κ2) is 12.7. The number of piperidine rings is 1. The Morgan fingerprint density at radius 1 is 1.13 bits per heavy atom. The Morgan fingerprint density at radius 3 is 2.56 bits per heavy atom. The smallest absolute Gasteiger partial charge is 0.317 e. The van der Waals surface area contributed by atoms with Crippen LogP contribution in [0.5, 0.6) is 5.75 Å². The molecule has 210 valence electrons. The van der Waals surface area contributed by atoms with Crippen LogP contribution in [-0.4, -0.2) is 79.6 Å². The maximum absolute atomic E-state index is 12.9. The number of ether oxygens (including phenoxy) is 1. The van der Waals surface area contributed by atoms with Crippen molar-refractivity contribution in [3.05, 3.63) is 35.9 Å². The molecule has 1 atom stereocenters. The highest BCUT2D eigenvalue weighted by atomic mass is 16.7. The summed E-state index contributed by atoms with van der Waals surface area (Å²) < 4.78 is 6.15. The molecule has 1 aliphatic carbocycles. The van der Waals surface area contributed by atoms with E-state index in [4.69, 9.17) is 14.4 Å². The van der Waals surface area contributed by atoms with Crippen LogP contribution in [0.2, 0.25) is 0 Å². The van der Waals surface area contributed by atoms with Gasteiger partial charge in [0.25, 0.3) is 0 Å². The fourth-order valence-corrected chi connectivity index (χ4v) is 5.63. The molecule has 4 aliphatic rings. The summed E-state index contributed by atoms with van der Waals surface area (Å²) in [6.07, 6.45) is 7.74. The lowest BCUT2D eigenvalue weighted by atomic mass is 9.86. The number of carbonyl (C=O) groups is 1. The van der Waals surface area contributed by atoms with Gasteiger partial charge in [-0.25, -0.2) is 4.99 Å². The van der Waals surface area contributed by atoms with Crippen molar-refractivity contribution in [2.45, 2.75) is 52.4 Å². The molecule has 0 aromatic heterocycles. The summed E-state index contributed by atoms with van der Waals surface area (Å²) in [5.41, 5.74) is 4.48. The normalized spacial score (nSPS) is 23.3. The van der Waals surface area contributed by atoms with Crippen LogP contribution in [0.3, 0.4) is 0 Å². The second-order valence-electron chi connectivity index (χ2n) is 11.2. The predicted octanol–water partition coefficient (Wildman–Crippen LogP) is 4.59. The van der Waals surface area contributed by atoms with Gasteiger partial charge in [-0.1, -0.05) is 42.4 Å². The molecule has 0 bridgehead atoms. The molecule has 1 aromatic carbocycles. The molecule has 0 saturated carbocycles. The van der Waals surface area contributed by atoms with Gasteiger partial charge in [0.2, 0.25) is 5.91 Å². The Bertz CT molecular complexity index is 1130. The van der Waals surface area contributed by atoms with Gasteiger partial charge in [-0.2, -0.15) is 0 Å². The van der Waals surface area contributed by atoms with Crippen LogP contribution in [0.1, 0.15) is 57.9 Å². The van der Waals surface area contributed by atoms with Crippen LogP contribution < -0.4 is 4.74 Å². The minimum absolute atomic E-state index is 0.0617. The van der Waals surface area contributed by atoms with Gasteiger partial charge < -0.3 is 24.2 Å². The molecule has 1 unspecified atom stereocenters. The Hall–Kier alpha value is -3.36. The Kier molecular flexibility index (Phi) is 8.84. The molecule has 1 amide bonds. The van der Waals surface area contributed by atoms with Crippen molar-refractivity contribution in [3.63, 3.8) is 0 Å². The van der Waals surface area contributed by atoms with Crippen molar-refractivity contribution < 1.29 is 19.2 Å². The van der Waals surface area contributed by atoms with Gasteiger partial charge in [0.1, 0.15) is 12.9 Å². The third-order valence-corrected chi connectivity index (χ3v) is 8.22. The second-order valence-corrected chi connectivity index (χ2v) is 11.2. The van der Waals surface area contributed by atoms with Crippen molar-refractivity contribution in [1.29, 1.82) is 0 Å². The molecule has 2 fully saturated rings. The lowest BCUT2D eigenvalue weighted by Crippen LogP contribution is -2.41. The Morgan fingerprint density at radius 2 is 1.92 bits per heavy atom. The highest BCUT2D eigenvalue weighted by molar-refractivity contribution is 5.94. The zero-order chi connectivity index (χ0) is 27.2. The highest BCUT2D eigenvalue weighted by Gasteiger charge is 2.30. The van der Waals surface area contributed by atoms with Crippen LogP contribution in [0.15, 0.2) is 45.6 Å². The molecular weight excluding hydrogens is 494 g/mol. The molecule has 3 heterocycles. The van der Waals surface area contributed by atoms with Crippen LogP contribution in [0.4, 0.5) is 0 Å². The zero-order valence-corrected chi connectivity index (χ0v) is 23.5. The summed E-state index contributed by atoms with van der Waals surface area (Å²) in [6.45, 7) is 8.73. The van der Waals surface area contributed by atoms with E-state index in [0.717, 1.165) is 81.9 Å². The van der Waals surface area contributed by atoms with Crippen molar-refractivity contribution in [2.24, 2.45) is 33.1 Å². The third-order valence-electron chi connectivity index (χ3n) is 8.22. The summed E-state index contributed by atoms with van der Waals surface area (Å²) in [6, 6.07) is 9.08. The summed E-state index contributed by atoms with van der Waals surface area (Å²) in [5.74, 6) is 2.09. The number of carbonyl (C=O) groups excluding carboxylic acids is 1. The van der Waals surface area contributed by atoms with Gasteiger partial charge in [-0.3, -0.25) is 4.79 Å². The molecule has 9 nitrogen and oxygen atoms in total. The van der Waals surface area contributed by atoms with Crippen molar-refractivity contribution in [3.8, 4) is 5.75 Å². The number of hydrogen-bond acceptors (Lipinski definition) is 8. The van der Waals surface area contributed by atoms with Crippen molar-refractivity contribution in [1.82, 2.24) is 9.80 Å². The number of nitrogens with zero attached hydrogens (tertiary/aromatic N) is 5. The molecule has 5 rings (SSSR count). The number of rotatable bonds is 7. The van der Waals surface area contributed by atoms with E-state index in [2.05, 4.69) is 64.4 Å². The van der Waals surface area contributed by atoms with Gasteiger partial charge in [-0.05, 0) is 67.2 Å². The summed E-state index contributed by atoms with van der Waals surface area (Å²) in [5, 5.41) is 8.26. The number of oxime groups is 2. The zero-order valence-electron chi connectivity index (χ0n) is 23.5. The van der Waals surface area contributed by atoms with Crippen LogP contribution in [0.25, 0.3) is 5.57 Å². The van der Waals surface area contributed by atoms with Gasteiger partial charge in [0, 0.05) is 32.0 Å². The van der Waals surface area contributed by atoms with Gasteiger partial charge in [0.15, 0.2) is 0 Å². The first-order valence-electron chi connectivity index (χ1n) is 14.3. The number of amidine groups is 1. The van der Waals surface area contributed by atoms with Crippen molar-refractivity contribution in [2.75, 3.05) is 46.4 Å². The number of allylic oxidation sites excluding steroid dienone is 2. The number of likely N-dealkylation sites (tertiary alicyclic amines) is 2. The fraction of sp³-hybridized carbons (Fsp3) is 0.600. The minimum Gasteiger partial charge on any atom is -0.493 e. The van der Waals surface area contributed by atoms with Gasteiger partial charge in [0.05, 0.1) is 31.1 Å². The lowest BCUT2D eigenvalue weighted by molar-refractivity contribution is -0.134. The molecule has 9 heteroatoms. The van der Waals surface area contributed by atoms with Crippen LogP contribution >= 0.6 is 0 Å². The number of aliphatic imine (C=N–C) groups is 1. The van der Waals surface area contributed by atoms with E-state index in [1.165, 1.54) is 11.1 Å². The average molecular weight is 536 g/mol. The largest absolute Gasteiger partial charge is 0.493 e. The van der Waals surface area contributed by atoms with E-state index in [1.54, 1.807) is 7.11 Å². The van der Waals surface area contributed by atoms with E-state index in [0.29, 0.717) is 30.9 Å². The van der Waals surface area contributed by atoms with E-state index in [9.17, 15) is 4.79 Å². The maximum Gasteiger partial charge on any atom is 0.317 e. The fourth-order valence-electron chi connectivity index (χ4n) is 5.63. The molecular formula is C30H41N5O4. The first-order valence-corrected chi connectivity index (χ1v) is 14.3. The van der Waals surface area contributed by atoms with Crippen LogP contribution in [0, 0.1) is 17.8 Å². The van der Waals surface area contributed by atoms with E-state index < -0.39 is 0 Å². The molecule has 0 spiro atoms. The van der Waals surface area contributed by atoms with E-state index in [1.807, 2.05) is 4.90 Å². The Balaban J connectivity index is 1.04. The topological polar surface area (TPSA) is 88.3 Å². The monoisotopic (exact) mass is 535 g/mol. The summed E-state index contributed by atoms with van der Waals surface area (Å²) >= 11 is 0. The van der Waals surface area contributed by atoms with Gasteiger partial charge in [-0.15, -0.1) is 0 Å². The summed E-state index contributed by atoms with van der Waals surface area (Å²) in [7, 11) is 1.55. The molecule has 0 radical (unpaired) electrons. The Labute approximate surface area is 231 Å². The minimum atomic E-state index is 0.0617. The number of benzene rings is 1. The number of hydrogen-bond donors (Lipinski definition) is 0. The third kappa shape index (κ3) is 6.81. The first-order chi connectivity index (χ1) is 19.0. The van der Waals surface area contributed by atoms with Crippen LogP contribution in [-0.2, 0) is 14.5 Å². The number of amides is 1. The molecule has 3 aliphatic heterocycles. The maximum atomic E-state index is 12.9. The van der Waals surface area contributed by atoms with E-state index in [-0.39, 0.29) is 11.8 Å². The summed E-state index contributed by atoms with van der Waals surface area (Å²) in [4.78, 5) is 32.1. The quantitative estimate of drug-likeness (QED) is 0.477. The van der Waals surface area contributed by atoms with E-state index >= 15 is 0 Å². The SMILES string of the molecule is CO/N=C1\CCN(C(=O)C2CC=C(c3ccc(OCC4CCN(C5=NCC(C(C)C)=NO5)CC4)cc3)CC2)C1. The highest BCUT2D eigenvalue weighted by Crippen LogP contribution is 2.32. The first kappa shape index (κ1) is 27.2. The lowest BCUT2D eigenvalue weighted by Gasteiger charge is -2.33. The molecule has 39 heavy (non-hydrogen) atoms. The van der Waals surface area contributed by atoms with Gasteiger partial charge >= 0.3 is 6.02 Å².